The summed E-state index contributed by atoms with van der Waals surface area (Å²) in [5.74, 6) is 0.654. The minimum absolute atomic E-state index is 0.654. The molecule has 0 spiro atoms. The van der Waals surface area contributed by atoms with Gasteiger partial charge in [0.05, 0.1) is 0 Å². The summed E-state index contributed by atoms with van der Waals surface area (Å²) >= 11 is 0. The second-order valence-electron chi connectivity index (χ2n) is 6.48. The summed E-state index contributed by atoms with van der Waals surface area (Å²) in [6.07, 6.45) is 3.67. The molecule has 0 radical (unpaired) electrons. The molecule has 2 aromatic carbocycles. The largest absolute Gasteiger partial charge is 0.316 e. The number of aryl methyl sites for hydroxylation is 1. The number of pyridine rings is 1. The van der Waals surface area contributed by atoms with E-state index in [2.05, 4.69) is 85.7 Å². The van der Waals surface area contributed by atoms with Gasteiger partial charge in [-0.1, -0.05) is 68.4 Å². The first-order valence-corrected chi connectivity index (χ1v) is 8.81. The lowest BCUT2D eigenvalue weighted by molar-refractivity contribution is 0.818. The third-order valence-electron chi connectivity index (χ3n) is 4.14. The van der Waals surface area contributed by atoms with E-state index in [0.29, 0.717) is 5.92 Å². The summed E-state index contributed by atoms with van der Waals surface area (Å²) in [6, 6.07) is 21.1. The minimum Gasteiger partial charge on any atom is -0.316 e. The van der Waals surface area contributed by atoms with E-state index in [9.17, 15) is 0 Å². The highest BCUT2D eigenvalue weighted by molar-refractivity contribution is 5.62. The monoisotopic (exact) mass is 332 g/mol. The van der Waals surface area contributed by atoms with Gasteiger partial charge in [0.15, 0.2) is 0 Å². The SMILES string of the molecule is CNCc1ccc(-c2cccnc2)cc1.Cc1ccccc1C(C)C. The Labute approximate surface area is 152 Å². The Morgan fingerprint density at radius 1 is 0.880 bits per heavy atom. The fourth-order valence-electron chi connectivity index (χ4n) is 2.79. The first-order valence-electron chi connectivity index (χ1n) is 8.81. The molecule has 25 heavy (non-hydrogen) atoms. The molecule has 130 valence electrons. The molecule has 1 heterocycles. The van der Waals surface area contributed by atoms with E-state index in [1.807, 2.05) is 19.3 Å². The predicted octanol–water partition coefficient (Wildman–Crippen LogP) is 5.59. The molecule has 0 aliphatic rings. The Bertz CT molecular complexity index is 747. The topological polar surface area (TPSA) is 24.9 Å². The maximum atomic E-state index is 4.11. The van der Waals surface area contributed by atoms with E-state index in [1.54, 1.807) is 6.20 Å². The molecule has 0 saturated carbocycles. The smallest absolute Gasteiger partial charge is 0.0346 e. The number of nitrogens with one attached hydrogen (secondary N) is 1. The molecule has 1 N–H and O–H groups in total. The molecule has 0 fully saturated rings. The van der Waals surface area contributed by atoms with Crippen LogP contribution >= 0.6 is 0 Å². The zero-order valence-corrected chi connectivity index (χ0v) is 15.7. The Balaban J connectivity index is 0.000000196. The number of rotatable bonds is 4. The number of nitrogens with zero attached hydrogens (tertiary/aromatic N) is 1. The second kappa shape index (κ2) is 9.75. The van der Waals surface area contributed by atoms with Gasteiger partial charge in [-0.3, -0.25) is 4.98 Å². The highest BCUT2D eigenvalue weighted by atomic mass is 14.8. The first kappa shape index (κ1) is 18.9. The van der Waals surface area contributed by atoms with Gasteiger partial charge in [0.1, 0.15) is 0 Å². The average Bonchev–Trinajstić information content (AvgIpc) is 2.64. The Kier molecular flexibility index (Phi) is 7.36. The zero-order valence-electron chi connectivity index (χ0n) is 15.7. The fraction of sp³-hybridized carbons (Fsp3) is 0.261. The van der Waals surface area contributed by atoms with Crippen molar-refractivity contribution < 1.29 is 0 Å². The predicted molar refractivity (Wildman–Crippen MR) is 108 cm³/mol. The van der Waals surface area contributed by atoms with Gasteiger partial charge in [-0.15, -0.1) is 0 Å². The van der Waals surface area contributed by atoms with Gasteiger partial charge in [-0.2, -0.15) is 0 Å². The number of aromatic nitrogens is 1. The Morgan fingerprint density at radius 2 is 1.60 bits per heavy atom. The van der Waals surface area contributed by atoms with Crippen molar-refractivity contribution in [2.45, 2.75) is 33.2 Å². The van der Waals surface area contributed by atoms with Crippen molar-refractivity contribution in [2.24, 2.45) is 0 Å². The van der Waals surface area contributed by atoms with Crippen molar-refractivity contribution in [1.29, 1.82) is 0 Å². The lowest BCUT2D eigenvalue weighted by Gasteiger charge is -2.07. The fourth-order valence-corrected chi connectivity index (χ4v) is 2.79. The van der Waals surface area contributed by atoms with Gasteiger partial charge >= 0.3 is 0 Å². The molecular weight excluding hydrogens is 304 g/mol. The van der Waals surface area contributed by atoms with E-state index in [1.165, 1.54) is 22.3 Å². The molecule has 0 saturated heterocycles. The van der Waals surface area contributed by atoms with Gasteiger partial charge in [0.2, 0.25) is 0 Å². The number of hydrogen-bond acceptors (Lipinski definition) is 2. The van der Waals surface area contributed by atoms with Crippen molar-refractivity contribution >= 4 is 0 Å². The molecule has 0 bridgehead atoms. The van der Waals surface area contributed by atoms with Crippen LogP contribution in [0.3, 0.4) is 0 Å². The van der Waals surface area contributed by atoms with E-state index in [4.69, 9.17) is 0 Å². The molecule has 0 unspecified atom stereocenters. The molecule has 3 aromatic rings. The van der Waals surface area contributed by atoms with Crippen molar-refractivity contribution in [1.82, 2.24) is 10.3 Å². The van der Waals surface area contributed by atoms with Crippen molar-refractivity contribution in [2.75, 3.05) is 7.05 Å². The normalized spacial score (nSPS) is 10.3. The number of benzene rings is 2. The van der Waals surface area contributed by atoms with Gasteiger partial charge in [0.25, 0.3) is 0 Å². The van der Waals surface area contributed by atoms with Gasteiger partial charge in [0, 0.05) is 18.9 Å². The lowest BCUT2D eigenvalue weighted by atomic mass is 9.99. The molecule has 0 aliphatic carbocycles. The van der Waals surface area contributed by atoms with Gasteiger partial charge in [-0.05, 0) is 53.8 Å². The minimum atomic E-state index is 0.654. The third-order valence-corrected chi connectivity index (χ3v) is 4.14. The third kappa shape index (κ3) is 5.84. The van der Waals surface area contributed by atoms with E-state index >= 15 is 0 Å². The zero-order chi connectivity index (χ0) is 18.1. The van der Waals surface area contributed by atoms with Crippen molar-refractivity contribution in [3.05, 3.63) is 89.7 Å². The van der Waals surface area contributed by atoms with Gasteiger partial charge in [-0.25, -0.2) is 0 Å². The number of hydrogen-bond donors (Lipinski definition) is 1. The molecule has 0 atom stereocenters. The van der Waals surface area contributed by atoms with Gasteiger partial charge < -0.3 is 5.32 Å². The molecule has 2 heteroatoms. The van der Waals surface area contributed by atoms with Crippen LogP contribution < -0.4 is 5.32 Å². The van der Waals surface area contributed by atoms with E-state index < -0.39 is 0 Å². The average molecular weight is 332 g/mol. The van der Waals surface area contributed by atoms with Crippen LogP contribution in [0.25, 0.3) is 11.1 Å². The molecule has 3 rings (SSSR count). The van der Waals surface area contributed by atoms with E-state index in [0.717, 1.165) is 12.1 Å². The molecular formula is C23H28N2. The first-order chi connectivity index (χ1) is 12.1. The van der Waals surface area contributed by atoms with Crippen LogP contribution in [-0.2, 0) is 6.54 Å². The summed E-state index contributed by atoms with van der Waals surface area (Å²) in [7, 11) is 1.95. The highest BCUT2D eigenvalue weighted by Crippen LogP contribution is 2.18. The Morgan fingerprint density at radius 3 is 2.12 bits per heavy atom. The van der Waals surface area contributed by atoms with Crippen LogP contribution in [0, 0.1) is 6.92 Å². The summed E-state index contributed by atoms with van der Waals surface area (Å²) < 4.78 is 0. The molecule has 2 nitrogen and oxygen atoms in total. The molecule has 0 amide bonds. The van der Waals surface area contributed by atoms with Crippen LogP contribution in [0.5, 0.6) is 0 Å². The lowest BCUT2D eigenvalue weighted by Crippen LogP contribution is -2.04. The van der Waals surface area contributed by atoms with E-state index in [-0.39, 0.29) is 0 Å². The maximum Gasteiger partial charge on any atom is 0.0346 e. The maximum absolute atomic E-state index is 4.11. The summed E-state index contributed by atoms with van der Waals surface area (Å²) in [4.78, 5) is 4.11. The Hall–Kier alpha value is -2.45. The second-order valence-corrected chi connectivity index (χ2v) is 6.48. The standard InChI is InChI=1S/C13H14N2.C10H14/c1-14-9-11-4-6-12(7-5-11)13-3-2-8-15-10-13;1-8(2)10-7-5-4-6-9(10)3/h2-8,10,14H,9H2,1H3;4-8H,1-3H3. The van der Waals surface area contributed by atoms with Crippen LogP contribution in [0.15, 0.2) is 73.1 Å². The quantitative estimate of drug-likeness (QED) is 0.674. The molecule has 0 aliphatic heterocycles. The van der Waals surface area contributed by atoms with Crippen molar-refractivity contribution in [3.8, 4) is 11.1 Å². The summed E-state index contributed by atoms with van der Waals surface area (Å²) in [6.45, 7) is 7.52. The van der Waals surface area contributed by atoms with Crippen LogP contribution in [0.4, 0.5) is 0 Å². The van der Waals surface area contributed by atoms with Crippen LogP contribution in [-0.4, -0.2) is 12.0 Å². The van der Waals surface area contributed by atoms with Crippen LogP contribution in [0.1, 0.15) is 36.5 Å². The highest BCUT2D eigenvalue weighted by Gasteiger charge is 1.99. The van der Waals surface area contributed by atoms with Crippen molar-refractivity contribution in [3.63, 3.8) is 0 Å². The van der Waals surface area contributed by atoms with Crippen LogP contribution in [0.2, 0.25) is 0 Å². The summed E-state index contributed by atoms with van der Waals surface area (Å²) in [5.41, 5.74) is 6.53. The summed E-state index contributed by atoms with van der Waals surface area (Å²) in [5, 5.41) is 3.13. The molecule has 1 aromatic heterocycles.